The Morgan fingerprint density at radius 2 is 1.50 bits per heavy atom. The van der Waals surface area contributed by atoms with E-state index in [2.05, 4.69) is 0 Å². The normalized spacial score (nSPS) is 35.7. The van der Waals surface area contributed by atoms with Gasteiger partial charge in [0.15, 0.2) is 0 Å². The van der Waals surface area contributed by atoms with Gasteiger partial charge >= 0.3 is 6.03 Å². The largest absolute Gasteiger partial charge is 0.323 e. The van der Waals surface area contributed by atoms with Crippen LogP contribution in [0.15, 0.2) is 0 Å². The molecule has 0 aromatic carbocycles. The van der Waals surface area contributed by atoms with Crippen molar-refractivity contribution in [3.05, 3.63) is 0 Å². The maximum absolute atomic E-state index is 11.5. The minimum atomic E-state index is 0.201. The number of rotatable bonds is 0. The maximum atomic E-state index is 11.5. The molecule has 1 aliphatic heterocycles. The van der Waals surface area contributed by atoms with Crippen LogP contribution in [-0.2, 0) is 0 Å². The first kappa shape index (κ1) is 7.90. The van der Waals surface area contributed by atoms with Crippen LogP contribution in [0.5, 0.6) is 0 Å². The van der Waals surface area contributed by atoms with Crippen LogP contribution in [0.4, 0.5) is 4.79 Å². The van der Waals surface area contributed by atoms with E-state index >= 15 is 0 Å². The molecule has 2 aliphatic rings. The van der Waals surface area contributed by atoms with Gasteiger partial charge in [0.2, 0.25) is 0 Å². The van der Waals surface area contributed by atoms with E-state index in [0.29, 0.717) is 12.1 Å². The third-order valence-electron chi connectivity index (χ3n) is 3.29. The van der Waals surface area contributed by atoms with E-state index in [0.717, 1.165) is 0 Å². The minimum Gasteiger partial charge on any atom is -0.323 e. The van der Waals surface area contributed by atoms with Crippen LogP contribution in [0.2, 0.25) is 0 Å². The van der Waals surface area contributed by atoms with Gasteiger partial charge in [0, 0.05) is 14.1 Å². The SMILES string of the molecule is CN1C(=O)N(C)[C@H]2CCCC[C@H]21. The van der Waals surface area contributed by atoms with Crippen molar-refractivity contribution < 1.29 is 4.79 Å². The fourth-order valence-corrected chi connectivity index (χ4v) is 2.53. The summed E-state index contributed by atoms with van der Waals surface area (Å²) < 4.78 is 0. The molecule has 2 rings (SSSR count). The van der Waals surface area contributed by atoms with E-state index in [1.54, 1.807) is 0 Å². The summed E-state index contributed by atoms with van der Waals surface area (Å²) in [5, 5.41) is 0. The van der Waals surface area contributed by atoms with E-state index in [4.69, 9.17) is 0 Å². The lowest BCUT2D eigenvalue weighted by molar-refractivity contribution is 0.200. The highest BCUT2D eigenvalue weighted by Gasteiger charge is 2.42. The third kappa shape index (κ3) is 0.919. The van der Waals surface area contributed by atoms with Crippen LogP contribution in [0.3, 0.4) is 0 Å². The zero-order chi connectivity index (χ0) is 8.72. The zero-order valence-corrected chi connectivity index (χ0v) is 7.79. The molecule has 0 unspecified atom stereocenters. The number of carbonyl (C=O) groups is 1. The molecule has 3 heteroatoms. The van der Waals surface area contributed by atoms with Crippen molar-refractivity contribution in [3.8, 4) is 0 Å². The Bertz CT molecular complexity index is 185. The minimum absolute atomic E-state index is 0.201. The first-order valence-electron chi connectivity index (χ1n) is 4.71. The van der Waals surface area contributed by atoms with Crippen molar-refractivity contribution in [1.82, 2.24) is 9.80 Å². The number of fused-ring (bicyclic) bond motifs is 1. The zero-order valence-electron chi connectivity index (χ0n) is 7.79. The summed E-state index contributed by atoms with van der Waals surface area (Å²) in [6.07, 6.45) is 4.95. The van der Waals surface area contributed by atoms with Gasteiger partial charge in [-0.15, -0.1) is 0 Å². The van der Waals surface area contributed by atoms with Gasteiger partial charge in [0.05, 0.1) is 12.1 Å². The molecule has 3 nitrogen and oxygen atoms in total. The highest BCUT2D eigenvalue weighted by molar-refractivity contribution is 5.77. The van der Waals surface area contributed by atoms with Gasteiger partial charge in [-0.25, -0.2) is 4.79 Å². The van der Waals surface area contributed by atoms with Crippen LogP contribution in [0, 0.1) is 0 Å². The molecule has 1 saturated heterocycles. The number of likely N-dealkylation sites (N-methyl/N-ethyl adjacent to an activating group) is 2. The van der Waals surface area contributed by atoms with Crippen LogP contribution < -0.4 is 0 Å². The van der Waals surface area contributed by atoms with E-state index in [9.17, 15) is 4.79 Å². The van der Waals surface area contributed by atoms with Gasteiger partial charge in [-0.1, -0.05) is 12.8 Å². The highest BCUT2D eigenvalue weighted by atomic mass is 16.2. The van der Waals surface area contributed by atoms with Gasteiger partial charge in [-0.2, -0.15) is 0 Å². The van der Waals surface area contributed by atoms with Crippen molar-refractivity contribution in [2.24, 2.45) is 0 Å². The van der Waals surface area contributed by atoms with Crippen LogP contribution in [0.25, 0.3) is 0 Å². The van der Waals surface area contributed by atoms with Crippen LogP contribution in [-0.4, -0.2) is 42.0 Å². The van der Waals surface area contributed by atoms with Gasteiger partial charge in [0.1, 0.15) is 0 Å². The number of hydrogen-bond donors (Lipinski definition) is 0. The number of hydrogen-bond acceptors (Lipinski definition) is 1. The lowest BCUT2D eigenvalue weighted by atomic mass is 9.91. The van der Waals surface area contributed by atoms with Crippen molar-refractivity contribution in [2.75, 3.05) is 14.1 Å². The Hall–Kier alpha value is -0.730. The molecule has 0 bridgehead atoms. The lowest BCUT2D eigenvalue weighted by Crippen LogP contribution is -2.37. The molecule has 1 heterocycles. The molecule has 0 aromatic heterocycles. The van der Waals surface area contributed by atoms with Gasteiger partial charge < -0.3 is 9.80 Å². The van der Waals surface area contributed by atoms with E-state index in [1.165, 1.54) is 25.7 Å². The van der Waals surface area contributed by atoms with Gasteiger partial charge in [0.25, 0.3) is 0 Å². The molecule has 12 heavy (non-hydrogen) atoms. The van der Waals surface area contributed by atoms with Crippen molar-refractivity contribution in [1.29, 1.82) is 0 Å². The molecule has 2 atom stereocenters. The van der Waals surface area contributed by atoms with E-state index < -0.39 is 0 Å². The van der Waals surface area contributed by atoms with Crippen molar-refractivity contribution >= 4 is 6.03 Å². The molecule has 0 spiro atoms. The molecule has 1 aliphatic carbocycles. The quantitative estimate of drug-likeness (QED) is 0.534. The summed E-state index contributed by atoms with van der Waals surface area (Å²) in [7, 11) is 3.85. The average molecular weight is 168 g/mol. The Kier molecular flexibility index (Phi) is 1.74. The number of amides is 2. The molecule has 2 amide bonds. The summed E-state index contributed by atoms with van der Waals surface area (Å²) in [5.41, 5.74) is 0. The fraction of sp³-hybridized carbons (Fsp3) is 0.889. The summed E-state index contributed by atoms with van der Waals surface area (Å²) in [4.78, 5) is 15.3. The monoisotopic (exact) mass is 168 g/mol. The standard InChI is InChI=1S/C9H16N2O/c1-10-7-5-3-4-6-8(7)11(2)9(10)12/h7-8H,3-6H2,1-2H3/t7-,8+. The Morgan fingerprint density at radius 3 is 1.92 bits per heavy atom. The smallest absolute Gasteiger partial charge is 0.320 e. The van der Waals surface area contributed by atoms with Crippen molar-refractivity contribution in [3.63, 3.8) is 0 Å². The molecule has 0 radical (unpaired) electrons. The van der Waals surface area contributed by atoms with Gasteiger partial charge in [-0.3, -0.25) is 0 Å². The molecular formula is C9H16N2O. The third-order valence-corrected chi connectivity index (χ3v) is 3.29. The summed E-state index contributed by atoms with van der Waals surface area (Å²) in [5.74, 6) is 0. The second-order valence-electron chi connectivity index (χ2n) is 3.92. The van der Waals surface area contributed by atoms with E-state index in [-0.39, 0.29) is 6.03 Å². The van der Waals surface area contributed by atoms with Crippen molar-refractivity contribution in [2.45, 2.75) is 37.8 Å². The summed E-state index contributed by atoms with van der Waals surface area (Å²) >= 11 is 0. The summed E-state index contributed by atoms with van der Waals surface area (Å²) in [6.45, 7) is 0. The molecule has 0 aromatic rings. The molecule has 68 valence electrons. The first-order chi connectivity index (χ1) is 5.72. The first-order valence-corrected chi connectivity index (χ1v) is 4.71. The molecule has 2 fully saturated rings. The summed E-state index contributed by atoms with van der Waals surface area (Å²) in [6, 6.07) is 1.19. The Morgan fingerprint density at radius 1 is 1.08 bits per heavy atom. The Labute approximate surface area is 73.3 Å². The molecule has 0 N–H and O–H groups in total. The number of urea groups is 1. The second-order valence-corrected chi connectivity index (χ2v) is 3.92. The highest BCUT2D eigenvalue weighted by Crippen LogP contribution is 2.31. The maximum Gasteiger partial charge on any atom is 0.320 e. The predicted octanol–water partition coefficient (Wildman–Crippen LogP) is 1.29. The second kappa shape index (κ2) is 2.64. The van der Waals surface area contributed by atoms with E-state index in [1.807, 2.05) is 23.9 Å². The predicted molar refractivity (Wildman–Crippen MR) is 47.0 cm³/mol. The topological polar surface area (TPSA) is 23.6 Å². The van der Waals surface area contributed by atoms with Crippen LogP contribution in [0.1, 0.15) is 25.7 Å². The molecular weight excluding hydrogens is 152 g/mol. The number of nitrogens with zero attached hydrogens (tertiary/aromatic N) is 2. The lowest BCUT2D eigenvalue weighted by Gasteiger charge is -2.29. The molecule has 1 saturated carbocycles. The average Bonchev–Trinajstić information content (AvgIpc) is 2.33. The number of carbonyl (C=O) groups excluding carboxylic acids is 1. The fourth-order valence-electron chi connectivity index (χ4n) is 2.53. The Balaban J connectivity index is 2.19. The van der Waals surface area contributed by atoms with Gasteiger partial charge in [-0.05, 0) is 12.8 Å². The van der Waals surface area contributed by atoms with Crippen LogP contribution >= 0.6 is 0 Å².